The van der Waals surface area contributed by atoms with E-state index in [4.69, 9.17) is 16.6 Å². The first-order chi connectivity index (χ1) is 9.32. The molecule has 0 bridgehead atoms. The Morgan fingerprint density at radius 2 is 1.90 bits per heavy atom. The Balaban J connectivity index is 2.64. The van der Waals surface area contributed by atoms with Gasteiger partial charge in [-0.15, -0.1) is 0 Å². The summed E-state index contributed by atoms with van der Waals surface area (Å²) >= 11 is 6.21. The molecule has 0 aliphatic carbocycles. The SMILES string of the molecule is CCCNc1nc2cc(Cl)c(C)cc2cc1C(C)(C)C. The molecular weight excluding hydrogens is 268 g/mol. The van der Waals surface area contributed by atoms with Gasteiger partial charge in [0.1, 0.15) is 5.82 Å². The number of hydrogen-bond donors (Lipinski definition) is 1. The number of hydrogen-bond acceptors (Lipinski definition) is 2. The molecule has 0 spiro atoms. The van der Waals surface area contributed by atoms with Gasteiger partial charge >= 0.3 is 0 Å². The van der Waals surface area contributed by atoms with Crippen molar-refractivity contribution in [2.45, 2.75) is 46.5 Å². The second kappa shape index (κ2) is 5.61. The van der Waals surface area contributed by atoms with Crippen molar-refractivity contribution in [2.75, 3.05) is 11.9 Å². The second-order valence-corrected chi connectivity index (χ2v) is 6.76. The first kappa shape index (κ1) is 15.1. The van der Waals surface area contributed by atoms with Crippen molar-refractivity contribution in [3.63, 3.8) is 0 Å². The molecule has 0 unspecified atom stereocenters. The number of pyridine rings is 1. The Hall–Kier alpha value is -1.28. The van der Waals surface area contributed by atoms with Gasteiger partial charge in [-0.05, 0) is 42.5 Å². The third kappa shape index (κ3) is 3.06. The van der Waals surface area contributed by atoms with E-state index in [-0.39, 0.29) is 5.41 Å². The highest BCUT2D eigenvalue weighted by molar-refractivity contribution is 6.32. The molecule has 0 saturated carbocycles. The molecule has 0 amide bonds. The number of aryl methyl sites for hydroxylation is 1. The van der Waals surface area contributed by atoms with Crippen LogP contribution in [0.3, 0.4) is 0 Å². The topological polar surface area (TPSA) is 24.9 Å². The molecular formula is C17H23ClN2. The van der Waals surface area contributed by atoms with Gasteiger partial charge in [0.25, 0.3) is 0 Å². The lowest BCUT2D eigenvalue weighted by atomic mass is 9.86. The minimum absolute atomic E-state index is 0.0603. The van der Waals surface area contributed by atoms with Gasteiger partial charge in [0.05, 0.1) is 5.52 Å². The minimum Gasteiger partial charge on any atom is -0.370 e. The standard InChI is InChI=1S/C17H23ClN2/c1-6-7-19-16-13(17(3,4)5)9-12-8-11(2)14(18)10-15(12)20-16/h8-10H,6-7H2,1-5H3,(H,19,20). The predicted octanol–water partition coefficient (Wildman–Crippen LogP) is 5.32. The van der Waals surface area contributed by atoms with Crippen LogP contribution in [0.1, 0.15) is 45.2 Å². The summed E-state index contributed by atoms with van der Waals surface area (Å²) in [7, 11) is 0. The van der Waals surface area contributed by atoms with Gasteiger partial charge in [-0.1, -0.05) is 39.3 Å². The van der Waals surface area contributed by atoms with E-state index < -0.39 is 0 Å². The fourth-order valence-electron chi connectivity index (χ4n) is 2.26. The Morgan fingerprint density at radius 1 is 1.20 bits per heavy atom. The van der Waals surface area contributed by atoms with E-state index in [2.05, 4.69) is 45.1 Å². The molecule has 0 fully saturated rings. The van der Waals surface area contributed by atoms with Crippen LogP contribution in [-0.4, -0.2) is 11.5 Å². The minimum atomic E-state index is 0.0603. The Bertz CT molecular complexity index is 627. The van der Waals surface area contributed by atoms with Gasteiger partial charge in [0.2, 0.25) is 0 Å². The number of aromatic nitrogens is 1. The maximum absolute atomic E-state index is 6.21. The molecule has 0 aliphatic heterocycles. The molecule has 2 rings (SSSR count). The van der Waals surface area contributed by atoms with Crippen molar-refractivity contribution in [1.29, 1.82) is 0 Å². The van der Waals surface area contributed by atoms with Gasteiger partial charge < -0.3 is 5.32 Å². The van der Waals surface area contributed by atoms with Gasteiger partial charge in [-0.25, -0.2) is 4.98 Å². The summed E-state index contributed by atoms with van der Waals surface area (Å²) in [5.41, 5.74) is 3.35. The molecule has 0 saturated heterocycles. The molecule has 2 aromatic rings. The number of fused-ring (bicyclic) bond motifs is 1. The van der Waals surface area contributed by atoms with Crippen LogP contribution in [0.25, 0.3) is 10.9 Å². The Morgan fingerprint density at radius 3 is 2.50 bits per heavy atom. The van der Waals surface area contributed by atoms with Crippen molar-refractivity contribution in [1.82, 2.24) is 4.98 Å². The summed E-state index contributed by atoms with van der Waals surface area (Å²) in [5.74, 6) is 0.978. The summed E-state index contributed by atoms with van der Waals surface area (Å²) in [4.78, 5) is 4.79. The van der Waals surface area contributed by atoms with Crippen molar-refractivity contribution >= 4 is 28.3 Å². The summed E-state index contributed by atoms with van der Waals surface area (Å²) < 4.78 is 0. The van der Waals surface area contributed by atoms with E-state index in [0.717, 1.165) is 40.3 Å². The van der Waals surface area contributed by atoms with E-state index in [1.165, 1.54) is 5.56 Å². The molecule has 20 heavy (non-hydrogen) atoms. The quantitative estimate of drug-likeness (QED) is 0.828. The van der Waals surface area contributed by atoms with Crippen molar-refractivity contribution < 1.29 is 0 Å². The van der Waals surface area contributed by atoms with Crippen LogP contribution < -0.4 is 5.32 Å². The maximum atomic E-state index is 6.21. The molecule has 0 aliphatic rings. The second-order valence-electron chi connectivity index (χ2n) is 6.36. The zero-order valence-corrected chi connectivity index (χ0v) is 13.7. The third-order valence-corrected chi connectivity index (χ3v) is 3.85. The Labute approximate surface area is 126 Å². The third-order valence-electron chi connectivity index (χ3n) is 3.45. The van der Waals surface area contributed by atoms with Crippen LogP contribution in [0.15, 0.2) is 18.2 Å². The van der Waals surface area contributed by atoms with Crippen LogP contribution in [-0.2, 0) is 5.41 Å². The first-order valence-electron chi connectivity index (χ1n) is 7.18. The molecule has 3 heteroatoms. The monoisotopic (exact) mass is 290 g/mol. The lowest BCUT2D eigenvalue weighted by molar-refractivity contribution is 0.590. The molecule has 2 nitrogen and oxygen atoms in total. The van der Waals surface area contributed by atoms with Crippen LogP contribution in [0.5, 0.6) is 0 Å². The highest BCUT2D eigenvalue weighted by Gasteiger charge is 2.20. The van der Waals surface area contributed by atoms with E-state index in [0.29, 0.717) is 0 Å². The summed E-state index contributed by atoms with van der Waals surface area (Å²) in [6, 6.07) is 6.31. The van der Waals surface area contributed by atoms with E-state index in [9.17, 15) is 0 Å². The lowest BCUT2D eigenvalue weighted by Crippen LogP contribution is -2.16. The number of benzene rings is 1. The van der Waals surface area contributed by atoms with Crippen molar-refractivity contribution in [3.8, 4) is 0 Å². The Kier molecular flexibility index (Phi) is 4.24. The molecule has 108 valence electrons. The van der Waals surface area contributed by atoms with E-state index in [1.54, 1.807) is 0 Å². The maximum Gasteiger partial charge on any atom is 0.130 e. The summed E-state index contributed by atoms with van der Waals surface area (Å²) in [5, 5.41) is 5.37. The highest BCUT2D eigenvalue weighted by atomic mass is 35.5. The van der Waals surface area contributed by atoms with Gasteiger partial charge in [-0.2, -0.15) is 0 Å². The molecule has 1 aromatic carbocycles. The molecule has 1 N–H and O–H groups in total. The molecule has 1 heterocycles. The van der Waals surface area contributed by atoms with E-state index in [1.807, 2.05) is 13.0 Å². The predicted molar refractivity (Wildman–Crippen MR) is 89.0 cm³/mol. The molecule has 0 atom stereocenters. The average molecular weight is 291 g/mol. The highest BCUT2D eigenvalue weighted by Crippen LogP contribution is 2.32. The number of halogens is 1. The van der Waals surface area contributed by atoms with Gasteiger partial charge in [0.15, 0.2) is 0 Å². The summed E-state index contributed by atoms with van der Waals surface area (Å²) in [6.45, 7) is 11.8. The van der Waals surface area contributed by atoms with Gasteiger partial charge in [-0.3, -0.25) is 0 Å². The molecule has 0 radical (unpaired) electrons. The average Bonchev–Trinajstić information content (AvgIpc) is 2.36. The van der Waals surface area contributed by atoms with Gasteiger partial charge in [0, 0.05) is 22.5 Å². The zero-order valence-electron chi connectivity index (χ0n) is 13.0. The number of anilines is 1. The molecule has 1 aromatic heterocycles. The lowest BCUT2D eigenvalue weighted by Gasteiger charge is -2.23. The summed E-state index contributed by atoms with van der Waals surface area (Å²) in [6.07, 6.45) is 1.08. The fraction of sp³-hybridized carbons (Fsp3) is 0.471. The number of nitrogens with one attached hydrogen (secondary N) is 1. The van der Waals surface area contributed by atoms with E-state index >= 15 is 0 Å². The fourth-order valence-corrected chi connectivity index (χ4v) is 2.42. The zero-order chi connectivity index (χ0) is 14.9. The first-order valence-corrected chi connectivity index (χ1v) is 7.56. The van der Waals surface area contributed by atoms with Crippen LogP contribution in [0.2, 0.25) is 5.02 Å². The number of rotatable bonds is 3. The van der Waals surface area contributed by atoms with Crippen molar-refractivity contribution in [2.24, 2.45) is 0 Å². The van der Waals surface area contributed by atoms with Crippen LogP contribution >= 0.6 is 11.6 Å². The van der Waals surface area contributed by atoms with Crippen LogP contribution in [0.4, 0.5) is 5.82 Å². The normalized spacial score (nSPS) is 11.9. The number of nitrogens with zero attached hydrogens (tertiary/aromatic N) is 1. The smallest absolute Gasteiger partial charge is 0.130 e. The largest absolute Gasteiger partial charge is 0.370 e. The van der Waals surface area contributed by atoms with Crippen LogP contribution in [0, 0.1) is 6.92 Å². The van der Waals surface area contributed by atoms with Crippen molar-refractivity contribution in [3.05, 3.63) is 34.3 Å².